The number of nitrogens with zero attached hydrogens (tertiary/aromatic N) is 1. The van der Waals surface area contributed by atoms with E-state index in [9.17, 15) is 4.79 Å². The standard InChI is InChI=1S/C23H19NO/c25-23-12-11-20(23)21-15-24(22-8-4-3-7-19(21)22)14-16-9-10-17-5-1-2-6-18(17)13-16/h1-10,13,15,20H,11-12,14H2. The van der Waals surface area contributed by atoms with Crippen molar-refractivity contribution in [2.24, 2.45) is 0 Å². The van der Waals surface area contributed by atoms with Gasteiger partial charge in [0.25, 0.3) is 0 Å². The van der Waals surface area contributed by atoms with Gasteiger partial charge in [0.2, 0.25) is 0 Å². The van der Waals surface area contributed by atoms with E-state index in [0.29, 0.717) is 5.78 Å². The Morgan fingerprint density at radius 3 is 2.52 bits per heavy atom. The number of Topliss-reactive ketones (excluding diaryl/α,β-unsaturated/α-hetero) is 1. The van der Waals surface area contributed by atoms with Crippen molar-refractivity contribution in [3.63, 3.8) is 0 Å². The van der Waals surface area contributed by atoms with Gasteiger partial charge in [-0.1, -0.05) is 54.6 Å². The summed E-state index contributed by atoms with van der Waals surface area (Å²) in [7, 11) is 0. The van der Waals surface area contributed by atoms with Crippen molar-refractivity contribution in [3.8, 4) is 0 Å². The lowest BCUT2D eigenvalue weighted by molar-refractivity contribution is -0.125. The lowest BCUT2D eigenvalue weighted by Crippen LogP contribution is -2.22. The number of carbonyl (C=O) groups is 1. The van der Waals surface area contributed by atoms with E-state index < -0.39 is 0 Å². The van der Waals surface area contributed by atoms with Crippen LogP contribution in [0.25, 0.3) is 21.7 Å². The fourth-order valence-corrected chi connectivity index (χ4v) is 3.95. The van der Waals surface area contributed by atoms with E-state index >= 15 is 0 Å². The first kappa shape index (κ1) is 14.5. The molecule has 1 aromatic heterocycles. The molecule has 2 heteroatoms. The van der Waals surface area contributed by atoms with Gasteiger partial charge < -0.3 is 4.57 Å². The molecular formula is C23H19NO. The number of carbonyl (C=O) groups excluding carboxylic acids is 1. The predicted octanol–water partition coefficient (Wildman–Crippen LogP) is 5.29. The Morgan fingerprint density at radius 1 is 0.920 bits per heavy atom. The van der Waals surface area contributed by atoms with Gasteiger partial charge in [0.15, 0.2) is 0 Å². The van der Waals surface area contributed by atoms with Crippen molar-refractivity contribution in [3.05, 3.63) is 84.1 Å². The highest BCUT2D eigenvalue weighted by Gasteiger charge is 2.31. The highest BCUT2D eigenvalue weighted by molar-refractivity contribution is 5.97. The van der Waals surface area contributed by atoms with Gasteiger partial charge in [0.05, 0.1) is 0 Å². The van der Waals surface area contributed by atoms with Gasteiger partial charge in [-0.15, -0.1) is 0 Å². The molecule has 1 unspecified atom stereocenters. The molecular weight excluding hydrogens is 306 g/mol. The van der Waals surface area contributed by atoms with Gasteiger partial charge >= 0.3 is 0 Å². The molecule has 0 amide bonds. The first-order chi connectivity index (χ1) is 12.3. The van der Waals surface area contributed by atoms with E-state index in [-0.39, 0.29) is 5.92 Å². The van der Waals surface area contributed by atoms with Crippen LogP contribution in [0, 0.1) is 0 Å². The fraction of sp³-hybridized carbons (Fsp3) is 0.174. The minimum Gasteiger partial charge on any atom is -0.343 e. The number of hydrogen-bond donors (Lipinski definition) is 0. The molecule has 1 fully saturated rings. The molecule has 3 aromatic carbocycles. The van der Waals surface area contributed by atoms with E-state index in [2.05, 4.69) is 77.5 Å². The molecule has 0 radical (unpaired) electrons. The zero-order valence-electron chi connectivity index (χ0n) is 14.0. The topological polar surface area (TPSA) is 22.0 Å². The van der Waals surface area contributed by atoms with Crippen molar-refractivity contribution in [1.82, 2.24) is 4.57 Å². The second kappa shape index (κ2) is 5.59. The molecule has 0 N–H and O–H groups in total. The Kier molecular flexibility index (Phi) is 3.24. The van der Waals surface area contributed by atoms with Crippen molar-refractivity contribution >= 4 is 27.5 Å². The van der Waals surface area contributed by atoms with E-state index in [1.165, 1.54) is 32.8 Å². The summed E-state index contributed by atoms with van der Waals surface area (Å²) in [6.45, 7) is 0.826. The maximum Gasteiger partial charge on any atom is 0.140 e. The molecule has 1 atom stereocenters. The molecule has 122 valence electrons. The van der Waals surface area contributed by atoms with Gasteiger partial charge in [-0.05, 0) is 40.5 Å². The summed E-state index contributed by atoms with van der Waals surface area (Å²) < 4.78 is 2.29. The Bertz CT molecular complexity index is 1110. The van der Waals surface area contributed by atoms with E-state index in [4.69, 9.17) is 0 Å². The van der Waals surface area contributed by atoms with Crippen LogP contribution in [0.5, 0.6) is 0 Å². The van der Waals surface area contributed by atoms with Crippen molar-refractivity contribution < 1.29 is 4.79 Å². The third-order valence-corrected chi connectivity index (χ3v) is 5.43. The van der Waals surface area contributed by atoms with E-state index in [1.54, 1.807) is 0 Å². The van der Waals surface area contributed by atoms with Crippen molar-refractivity contribution in [1.29, 1.82) is 0 Å². The maximum absolute atomic E-state index is 12.0. The normalized spacial score (nSPS) is 17.1. The Hall–Kier alpha value is -2.87. The third-order valence-electron chi connectivity index (χ3n) is 5.43. The van der Waals surface area contributed by atoms with E-state index in [0.717, 1.165) is 19.4 Å². The fourth-order valence-electron chi connectivity index (χ4n) is 3.95. The summed E-state index contributed by atoms with van der Waals surface area (Å²) in [5.74, 6) is 0.483. The van der Waals surface area contributed by atoms with Crippen LogP contribution >= 0.6 is 0 Å². The quantitative estimate of drug-likeness (QED) is 0.502. The molecule has 2 nitrogen and oxygen atoms in total. The van der Waals surface area contributed by atoms with Gasteiger partial charge in [-0.2, -0.15) is 0 Å². The maximum atomic E-state index is 12.0. The van der Waals surface area contributed by atoms with Crippen LogP contribution in [0.2, 0.25) is 0 Å². The summed E-state index contributed by atoms with van der Waals surface area (Å²) in [6.07, 6.45) is 3.92. The number of aromatic nitrogens is 1. The number of ketones is 1. The van der Waals surface area contributed by atoms with Gasteiger partial charge in [-0.25, -0.2) is 0 Å². The number of hydrogen-bond acceptors (Lipinski definition) is 1. The van der Waals surface area contributed by atoms with Crippen molar-refractivity contribution in [2.45, 2.75) is 25.3 Å². The SMILES string of the molecule is O=C1CCC1c1cn(Cc2ccc3ccccc3c2)c2ccccc12. The number of fused-ring (bicyclic) bond motifs is 2. The lowest BCUT2D eigenvalue weighted by atomic mass is 9.78. The summed E-state index contributed by atoms with van der Waals surface area (Å²) in [5.41, 5.74) is 3.70. The first-order valence-corrected chi connectivity index (χ1v) is 8.88. The summed E-state index contributed by atoms with van der Waals surface area (Å²) in [5, 5.41) is 3.76. The average molecular weight is 325 g/mol. The Morgan fingerprint density at radius 2 is 1.72 bits per heavy atom. The molecule has 1 aliphatic rings. The monoisotopic (exact) mass is 325 g/mol. The molecule has 25 heavy (non-hydrogen) atoms. The lowest BCUT2D eigenvalue weighted by Gasteiger charge is -2.23. The van der Waals surface area contributed by atoms with Gasteiger partial charge in [0.1, 0.15) is 5.78 Å². The highest BCUT2D eigenvalue weighted by atomic mass is 16.1. The van der Waals surface area contributed by atoms with Crippen LogP contribution in [0.3, 0.4) is 0 Å². The molecule has 0 spiro atoms. The predicted molar refractivity (Wildman–Crippen MR) is 102 cm³/mol. The molecule has 0 saturated heterocycles. The largest absolute Gasteiger partial charge is 0.343 e. The molecule has 1 aliphatic carbocycles. The molecule has 1 saturated carbocycles. The number of para-hydroxylation sites is 1. The zero-order chi connectivity index (χ0) is 16.8. The molecule has 1 heterocycles. The average Bonchev–Trinajstić information content (AvgIpc) is 2.98. The van der Waals surface area contributed by atoms with Gasteiger partial charge in [-0.3, -0.25) is 4.79 Å². The summed E-state index contributed by atoms with van der Waals surface area (Å²) >= 11 is 0. The third kappa shape index (κ3) is 2.37. The zero-order valence-corrected chi connectivity index (χ0v) is 14.0. The van der Waals surface area contributed by atoms with Gasteiger partial charge in [0, 0.05) is 36.0 Å². The van der Waals surface area contributed by atoms with Crippen LogP contribution in [0.15, 0.2) is 72.9 Å². The van der Waals surface area contributed by atoms with Crippen LogP contribution in [0.1, 0.15) is 29.9 Å². The minimum atomic E-state index is 0.0998. The Labute approximate surface area is 146 Å². The second-order valence-electron chi connectivity index (χ2n) is 6.97. The van der Waals surface area contributed by atoms with Crippen molar-refractivity contribution in [2.75, 3.05) is 0 Å². The number of rotatable bonds is 3. The Balaban J connectivity index is 1.58. The molecule has 5 rings (SSSR count). The summed E-state index contributed by atoms with van der Waals surface area (Å²) in [6, 6.07) is 23.5. The second-order valence-corrected chi connectivity index (χ2v) is 6.97. The highest BCUT2D eigenvalue weighted by Crippen LogP contribution is 2.38. The van der Waals surface area contributed by atoms with E-state index in [1.807, 2.05) is 0 Å². The first-order valence-electron chi connectivity index (χ1n) is 8.88. The minimum absolute atomic E-state index is 0.0998. The molecule has 0 bridgehead atoms. The van der Waals surface area contributed by atoms with Crippen LogP contribution in [-0.4, -0.2) is 10.4 Å². The smallest absolute Gasteiger partial charge is 0.140 e. The van der Waals surface area contributed by atoms with Crippen LogP contribution in [0.4, 0.5) is 0 Å². The summed E-state index contributed by atoms with van der Waals surface area (Å²) in [4.78, 5) is 12.0. The van der Waals surface area contributed by atoms with Crippen LogP contribution < -0.4 is 0 Å². The number of benzene rings is 3. The van der Waals surface area contributed by atoms with Crippen LogP contribution in [-0.2, 0) is 11.3 Å². The molecule has 0 aliphatic heterocycles. The molecule has 4 aromatic rings.